The Morgan fingerprint density at radius 3 is 2.50 bits per heavy atom. The molecule has 24 heavy (non-hydrogen) atoms. The minimum Gasteiger partial charge on any atom is -0.507 e. The van der Waals surface area contributed by atoms with Gasteiger partial charge >= 0.3 is 0 Å². The number of benzene rings is 2. The average molecular weight is 312 g/mol. The quantitative estimate of drug-likeness (QED) is 0.568. The van der Waals surface area contributed by atoms with Crippen molar-refractivity contribution in [3.63, 3.8) is 0 Å². The van der Waals surface area contributed by atoms with Crippen LogP contribution in [-0.4, -0.2) is 15.1 Å². The fourth-order valence-corrected chi connectivity index (χ4v) is 2.95. The van der Waals surface area contributed by atoms with Gasteiger partial charge in [-0.1, -0.05) is 36.4 Å². The molecule has 0 aliphatic heterocycles. The molecule has 0 radical (unpaired) electrons. The summed E-state index contributed by atoms with van der Waals surface area (Å²) < 4.78 is 0. The van der Waals surface area contributed by atoms with Crippen molar-refractivity contribution in [2.45, 2.75) is 6.92 Å². The third-order valence-electron chi connectivity index (χ3n) is 4.12. The van der Waals surface area contributed by atoms with Gasteiger partial charge in [-0.05, 0) is 48.4 Å². The fourth-order valence-electron chi connectivity index (χ4n) is 2.95. The predicted molar refractivity (Wildman–Crippen MR) is 96.8 cm³/mol. The van der Waals surface area contributed by atoms with Crippen molar-refractivity contribution >= 4 is 10.9 Å². The zero-order valence-electron chi connectivity index (χ0n) is 13.3. The molecule has 0 fully saturated rings. The second kappa shape index (κ2) is 5.78. The first kappa shape index (κ1) is 14.4. The molecule has 3 nitrogen and oxygen atoms in total. The summed E-state index contributed by atoms with van der Waals surface area (Å²) in [5.74, 6) is 0.244. The fraction of sp³-hybridized carbons (Fsp3) is 0.0476. The maximum Gasteiger partial charge on any atom is 0.126 e. The Bertz CT molecular complexity index is 1040. The molecule has 4 rings (SSSR count). The molecule has 0 aliphatic carbocycles. The van der Waals surface area contributed by atoms with Crippen LogP contribution in [0.3, 0.4) is 0 Å². The molecule has 3 heteroatoms. The van der Waals surface area contributed by atoms with Crippen molar-refractivity contribution in [2.75, 3.05) is 0 Å². The highest BCUT2D eigenvalue weighted by Crippen LogP contribution is 2.34. The topological polar surface area (TPSA) is 46.0 Å². The molecule has 0 atom stereocenters. The van der Waals surface area contributed by atoms with Gasteiger partial charge in [0.05, 0.1) is 11.2 Å². The molecule has 0 amide bonds. The number of rotatable bonds is 2. The van der Waals surface area contributed by atoms with Gasteiger partial charge in [0.1, 0.15) is 5.75 Å². The molecule has 4 aromatic rings. The van der Waals surface area contributed by atoms with E-state index in [0.29, 0.717) is 0 Å². The van der Waals surface area contributed by atoms with Gasteiger partial charge in [0.15, 0.2) is 0 Å². The summed E-state index contributed by atoms with van der Waals surface area (Å²) in [6.07, 6.45) is 1.61. The Hall–Kier alpha value is -3.20. The van der Waals surface area contributed by atoms with Gasteiger partial charge in [-0.25, -0.2) is 0 Å². The molecule has 0 bridgehead atoms. The number of fused-ring (bicyclic) bond motifs is 1. The van der Waals surface area contributed by atoms with E-state index in [1.54, 1.807) is 12.3 Å². The standard InChI is InChI=1S/C21H16N2O/c1-14-5-4-8-20(23-14)17-7-3-2-6-16(17)15-9-10-19-18(13-15)21(24)11-12-22-19/h2-13H,1H3,(H,22,24). The van der Waals surface area contributed by atoms with Crippen molar-refractivity contribution in [3.8, 4) is 28.1 Å². The van der Waals surface area contributed by atoms with E-state index in [4.69, 9.17) is 0 Å². The van der Waals surface area contributed by atoms with Crippen LogP contribution in [0.1, 0.15) is 5.69 Å². The predicted octanol–water partition coefficient (Wildman–Crippen LogP) is 4.98. The Kier molecular flexibility index (Phi) is 3.47. The van der Waals surface area contributed by atoms with Crippen LogP contribution >= 0.6 is 0 Å². The SMILES string of the molecule is Cc1cccc(-c2ccccc2-c2ccc3nccc(O)c3c2)n1. The van der Waals surface area contributed by atoms with E-state index in [1.165, 1.54) is 0 Å². The number of nitrogens with zero attached hydrogens (tertiary/aromatic N) is 2. The van der Waals surface area contributed by atoms with Crippen LogP contribution in [0.4, 0.5) is 0 Å². The smallest absolute Gasteiger partial charge is 0.126 e. The van der Waals surface area contributed by atoms with E-state index in [2.05, 4.69) is 22.1 Å². The second-order valence-electron chi connectivity index (χ2n) is 5.77. The summed E-state index contributed by atoms with van der Waals surface area (Å²) >= 11 is 0. The summed E-state index contributed by atoms with van der Waals surface area (Å²) in [5, 5.41) is 10.9. The summed E-state index contributed by atoms with van der Waals surface area (Å²) in [5.41, 5.74) is 5.91. The maximum absolute atomic E-state index is 10.1. The van der Waals surface area contributed by atoms with Gasteiger partial charge in [-0.3, -0.25) is 9.97 Å². The first-order chi connectivity index (χ1) is 11.7. The maximum atomic E-state index is 10.1. The minimum absolute atomic E-state index is 0.244. The number of hydrogen-bond donors (Lipinski definition) is 1. The lowest BCUT2D eigenvalue weighted by molar-refractivity contribution is 0.481. The zero-order chi connectivity index (χ0) is 16.5. The highest BCUT2D eigenvalue weighted by molar-refractivity contribution is 5.91. The number of aromatic nitrogens is 2. The molecule has 2 aromatic heterocycles. The summed E-state index contributed by atoms with van der Waals surface area (Å²) in [4.78, 5) is 8.94. The minimum atomic E-state index is 0.244. The van der Waals surface area contributed by atoms with Gasteiger partial charge in [0.2, 0.25) is 0 Å². The van der Waals surface area contributed by atoms with Crippen LogP contribution in [0.25, 0.3) is 33.3 Å². The Morgan fingerprint density at radius 2 is 1.67 bits per heavy atom. The second-order valence-corrected chi connectivity index (χ2v) is 5.77. The first-order valence-electron chi connectivity index (χ1n) is 7.83. The van der Waals surface area contributed by atoms with Crippen LogP contribution in [0, 0.1) is 6.92 Å². The van der Waals surface area contributed by atoms with Gasteiger partial charge < -0.3 is 5.11 Å². The van der Waals surface area contributed by atoms with E-state index < -0.39 is 0 Å². The number of pyridine rings is 2. The molecule has 0 saturated carbocycles. The van der Waals surface area contributed by atoms with Crippen LogP contribution in [0.5, 0.6) is 5.75 Å². The lowest BCUT2D eigenvalue weighted by atomic mass is 9.96. The van der Waals surface area contributed by atoms with Crippen molar-refractivity contribution in [2.24, 2.45) is 0 Å². The van der Waals surface area contributed by atoms with Gasteiger partial charge in [-0.2, -0.15) is 0 Å². The van der Waals surface area contributed by atoms with E-state index in [-0.39, 0.29) is 5.75 Å². The van der Waals surface area contributed by atoms with E-state index in [0.717, 1.165) is 39.0 Å². The summed E-state index contributed by atoms with van der Waals surface area (Å²) in [6.45, 7) is 1.99. The summed E-state index contributed by atoms with van der Waals surface area (Å²) in [7, 11) is 0. The molecule has 0 aliphatic rings. The highest BCUT2D eigenvalue weighted by atomic mass is 16.3. The van der Waals surface area contributed by atoms with E-state index in [9.17, 15) is 5.11 Å². The third kappa shape index (κ3) is 2.50. The van der Waals surface area contributed by atoms with E-state index in [1.807, 2.05) is 55.5 Å². The number of aromatic hydroxyl groups is 1. The Labute approximate surface area is 140 Å². The summed E-state index contributed by atoms with van der Waals surface area (Å²) in [6, 6.07) is 21.8. The Morgan fingerprint density at radius 1 is 0.833 bits per heavy atom. The van der Waals surface area contributed by atoms with E-state index >= 15 is 0 Å². The zero-order valence-corrected chi connectivity index (χ0v) is 13.3. The molecule has 0 unspecified atom stereocenters. The molecule has 116 valence electrons. The molecular formula is C21H16N2O. The molecule has 0 spiro atoms. The van der Waals surface area contributed by atoms with Gasteiger partial charge in [0.25, 0.3) is 0 Å². The lowest BCUT2D eigenvalue weighted by Gasteiger charge is -2.11. The van der Waals surface area contributed by atoms with Crippen LogP contribution in [0.2, 0.25) is 0 Å². The van der Waals surface area contributed by atoms with Crippen LogP contribution in [0.15, 0.2) is 72.9 Å². The largest absolute Gasteiger partial charge is 0.507 e. The molecular weight excluding hydrogens is 296 g/mol. The lowest BCUT2D eigenvalue weighted by Crippen LogP contribution is -1.90. The monoisotopic (exact) mass is 312 g/mol. The van der Waals surface area contributed by atoms with Crippen LogP contribution < -0.4 is 0 Å². The van der Waals surface area contributed by atoms with Crippen molar-refractivity contribution in [3.05, 3.63) is 78.6 Å². The first-order valence-corrected chi connectivity index (χ1v) is 7.83. The highest BCUT2D eigenvalue weighted by Gasteiger charge is 2.10. The molecule has 2 heterocycles. The van der Waals surface area contributed by atoms with Gasteiger partial charge in [-0.15, -0.1) is 0 Å². The molecule has 2 aromatic carbocycles. The van der Waals surface area contributed by atoms with Crippen molar-refractivity contribution in [1.82, 2.24) is 9.97 Å². The van der Waals surface area contributed by atoms with Crippen molar-refractivity contribution < 1.29 is 5.11 Å². The van der Waals surface area contributed by atoms with Gasteiger partial charge in [0, 0.05) is 22.8 Å². The number of aryl methyl sites for hydroxylation is 1. The molecule has 1 N–H and O–H groups in total. The van der Waals surface area contributed by atoms with Crippen LogP contribution in [-0.2, 0) is 0 Å². The third-order valence-corrected chi connectivity index (χ3v) is 4.12. The Balaban J connectivity index is 1.93. The average Bonchev–Trinajstić information content (AvgIpc) is 2.62. The number of hydrogen-bond acceptors (Lipinski definition) is 3. The van der Waals surface area contributed by atoms with Crippen molar-refractivity contribution in [1.29, 1.82) is 0 Å². The molecule has 0 saturated heterocycles. The normalized spacial score (nSPS) is 10.9.